The molecule has 0 bridgehead atoms. The molecule has 0 saturated carbocycles. The number of imidazole rings is 1. The summed E-state index contributed by atoms with van der Waals surface area (Å²) in [5.74, 6) is -2.01. The van der Waals surface area contributed by atoms with E-state index in [1.54, 1.807) is 18.2 Å². The molecule has 5 nitrogen and oxygen atoms in total. The zero-order valence-corrected chi connectivity index (χ0v) is 17.7. The summed E-state index contributed by atoms with van der Waals surface area (Å²) < 4.78 is 0. The second-order valence-corrected chi connectivity index (χ2v) is 3.99. The largest absolute Gasteiger partial charge is 1.00 e. The molecule has 1 atom stereocenters. The number of fused-ring (bicyclic) bond motifs is 1. The van der Waals surface area contributed by atoms with Crippen LogP contribution in [0.1, 0.15) is 18.2 Å². The van der Waals surface area contributed by atoms with Crippen LogP contribution in [-0.4, -0.2) is 21.0 Å². The number of aromatic amines is 1. The number of thiocarbonyl (C=S) groups is 1. The van der Waals surface area contributed by atoms with E-state index in [0.717, 1.165) is 5.52 Å². The molecule has 1 aromatic heterocycles. The van der Waals surface area contributed by atoms with Gasteiger partial charge in [-0.25, -0.2) is 4.98 Å². The van der Waals surface area contributed by atoms with E-state index in [1.165, 1.54) is 0 Å². The maximum atomic E-state index is 11.2. The van der Waals surface area contributed by atoms with Crippen LogP contribution in [0, 0.1) is 0 Å². The monoisotopic (exact) mass is 326 g/mol. The molecule has 1 heterocycles. The van der Waals surface area contributed by atoms with E-state index in [1.807, 2.05) is 6.07 Å². The van der Waals surface area contributed by atoms with Gasteiger partial charge in [-0.1, -0.05) is 17.2 Å². The molecule has 19 heavy (non-hydrogen) atoms. The zero-order valence-electron chi connectivity index (χ0n) is 10.7. The third kappa shape index (κ3) is 5.55. The Hall–Kier alpha value is 1.32. The predicted octanol–water partition coefficient (Wildman–Crippen LogP) is -6.52. The van der Waals surface area contributed by atoms with Crippen molar-refractivity contribution in [2.24, 2.45) is 0 Å². The summed E-state index contributed by atoms with van der Waals surface area (Å²) in [6, 6.07) is 7.17. The van der Waals surface area contributed by atoms with Crippen LogP contribution in [0.5, 0.6) is 0 Å². The summed E-state index contributed by atoms with van der Waals surface area (Å²) in [6.07, 6.45) is -0.456. The van der Waals surface area contributed by atoms with E-state index >= 15 is 0 Å². The minimum atomic E-state index is -1.33. The Morgan fingerprint density at radius 2 is 1.95 bits per heavy atom. The van der Waals surface area contributed by atoms with Crippen molar-refractivity contribution < 1.29 is 118 Å². The van der Waals surface area contributed by atoms with Crippen LogP contribution in [0.25, 0.3) is 11.0 Å². The molecule has 0 amide bonds. The van der Waals surface area contributed by atoms with Crippen molar-refractivity contribution in [2.45, 2.75) is 12.3 Å². The number of aliphatic carboxylic acids is 1. The number of rotatable bonds is 4. The molecule has 2 rings (SSSR count). The summed E-state index contributed by atoms with van der Waals surface area (Å²) >= 11 is 4.52. The van der Waals surface area contributed by atoms with Gasteiger partial charge in [0.05, 0.1) is 11.0 Å². The summed E-state index contributed by atoms with van der Waals surface area (Å²) in [5.41, 5.74) is 1.41. The van der Waals surface area contributed by atoms with Crippen molar-refractivity contribution in [3.05, 3.63) is 30.1 Å². The fourth-order valence-corrected chi connectivity index (χ4v) is 1.79. The third-order valence-electron chi connectivity index (χ3n) is 2.39. The fraction of sp³-hybridized carbons (Fsp3) is 0.182. The van der Waals surface area contributed by atoms with Crippen LogP contribution in [0.3, 0.4) is 0 Å². The number of hydrogen-bond acceptors (Lipinski definition) is 5. The van der Waals surface area contributed by atoms with Gasteiger partial charge in [-0.3, -0.25) is 0 Å². The van der Waals surface area contributed by atoms with Gasteiger partial charge in [0.25, 0.3) is 0 Å². The van der Waals surface area contributed by atoms with Crippen LogP contribution >= 0.6 is 12.2 Å². The minimum absolute atomic E-state index is 0. The Morgan fingerprint density at radius 1 is 1.32 bits per heavy atom. The van der Waals surface area contributed by atoms with E-state index < -0.39 is 23.4 Å². The van der Waals surface area contributed by atoms with E-state index in [2.05, 4.69) is 22.2 Å². The van der Waals surface area contributed by atoms with Gasteiger partial charge in [0, 0.05) is 18.3 Å². The molecular weight excluding hydrogens is 318 g/mol. The number of carbonyl (C=O) groups is 1. The maximum Gasteiger partial charge on any atom is 1.00 e. The smallest absolute Gasteiger partial charge is 0.867 e. The fourth-order valence-electron chi connectivity index (χ4n) is 1.60. The Morgan fingerprint density at radius 3 is 2.47 bits per heavy atom. The van der Waals surface area contributed by atoms with Gasteiger partial charge in [-0.2, -0.15) is 0 Å². The van der Waals surface area contributed by atoms with Crippen LogP contribution < -0.4 is 113 Å². The molecule has 1 unspecified atom stereocenters. The maximum absolute atomic E-state index is 11.2. The normalized spacial score (nSPS) is 11.2. The molecular formula is C11H8K2N2O3S. The molecule has 0 aliphatic heterocycles. The van der Waals surface area contributed by atoms with Crippen molar-refractivity contribution in [1.29, 1.82) is 0 Å². The standard InChI is InChI=1S/C11H10N2O3S.2K/c14-9(15)5-6(11(16)17)10-12-7-3-1-2-4-8(7)13-10;;/h1-4,6H,5H2,(H,12,13)(H,14,15)(H,16,17);;/q;2*+1/p-2. The predicted molar refractivity (Wildman–Crippen MR) is 61.1 cm³/mol. The van der Waals surface area contributed by atoms with Gasteiger partial charge in [0.15, 0.2) is 0 Å². The molecule has 0 radical (unpaired) electrons. The van der Waals surface area contributed by atoms with Gasteiger partial charge in [-0.15, -0.1) is 12.2 Å². The van der Waals surface area contributed by atoms with Gasteiger partial charge < -0.3 is 20.0 Å². The van der Waals surface area contributed by atoms with Crippen LogP contribution in [0.4, 0.5) is 0 Å². The topological polar surface area (TPSA) is 91.9 Å². The zero-order chi connectivity index (χ0) is 12.4. The van der Waals surface area contributed by atoms with Gasteiger partial charge >= 0.3 is 103 Å². The van der Waals surface area contributed by atoms with Gasteiger partial charge in [0.2, 0.25) is 0 Å². The molecule has 8 heteroatoms. The molecule has 1 aromatic carbocycles. The van der Waals surface area contributed by atoms with Crippen molar-refractivity contribution in [3.63, 3.8) is 0 Å². The summed E-state index contributed by atoms with van der Waals surface area (Å²) in [5, 5.41) is 21.1. The molecule has 1 N–H and O–H groups in total. The number of aromatic nitrogens is 2. The van der Waals surface area contributed by atoms with Crippen molar-refractivity contribution >= 4 is 34.3 Å². The van der Waals surface area contributed by atoms with E-state index in [9.17, 15) is 15.0 Å². The summed E-state index contributed by atoms with van der Waals surface area (Å²) in [6.45, 7) is 0. The van der Waals surface area contributed by atoms with E-state index in [-0.39, 0.29) is 109 Å². The van der Waals surface area contributed by atoms with Crippen molar-refractivity contribution in [1.82, 2.24) is 9.97 Å². The summed E-state index contributed by atoms with van der Waals surface area (Å²) in [4.78, 5) is 17.6. The average Bonchev–Trinajstić information content (AvgIpc) is 2.68. The molecule has 2 aromatic rings. The second-order valence-electron chi connectivity index (χ2n) is 3.59. The molecule has 88 valence electrons. The number of nitrogens with zero attached hydrogens (tertiary/aromatic N) is 1. The van der Waals surface area contributed by atoms with E-state index in [0.29, 0.717) is 5.52 Å². The minimum Gasteiger partial charge on any atom is -0.867 e. The second kappa shape index (κ2) is 9.36. The number of H-pyrrole nitrogens is 1. The number of nitrogens with one attached hydrogen (secondary N) is 1. The molecule has 0 saturated heterocycles. The Balaban J connectivity index is 0.00000162. The number of carboxylic acids is 1. The SMILES string of the molecule is O=C([O-])CC(C([O-])=S)c1nc2ccccc2[nH]1.[K+].[K+]. The molecule has 0 fully saturated rings. The Labute approximate surface area is 200 Å². The number of carboxylic acid groups (broad SMARTS) is 1. The van der Waals surface area contributed by atoms with Gasteiger partial charge in [-0.05, 0) is 12.1 Å². The first-order valence-electron chi connectivity index (χ1n) is 4.93. The Kier molecular flexibility index (Phi) is 10.0. The first kappa shape index (κ1) is 20.3. The van der Waals surface area contributed by atoms with Crippen molar-refractivity contribution in [2.75, 3.05) is 0 Å². The van der Waals surface area contributed by atoms with Crippen LogP contribution in [-0.2, 0) is 4.79 Å². The number of carbonyl (C=O) groups excluding carboxylic acids is 1. The third-order valence-corrected chi connectivity index (χ3v) is 2.68. The quantitative estimate of drug-likeness (QED) is 0.446. The first-order valence-corrected chi connectivity index (χ1v) is 5.34. The van der Waals surface area contributed by atoms with E-state index in [4.69, 9.17) is 0 Å². The number of hydrogen-bond donors (Lipinski definition) is 1. The van der Waals surface area contributed by atoms with Crippen LogP contribution in [0.2, 0.25) is 0 Å². The molecule has 0 spiro atoms. The molecule has 0 aliphatic carbocycles. The molecule has 0 aliphatic rings. The first-order chi connectivity index (χ1) is 8.08. The van der Waals surface area contributed by atoms with Gasteiger partial charge in [0.1, 0.15) is 5.82 Å². The number of benzene rings is 1. The average molecular weight is 326 g/mol. The summed E-state index contributed by atoms with van der Waals surface area (Å²) in [7, 11) is 0. The van der Waals surface area contributed by atoms with Crippen LogP contribution in [0.15, 0.2) is 24.3 Å². The number of para-hydroxylation sites is 2. The Bertz CT molecular complexity index is 555. The van der Waals surface area contributed by atoms with Crippen molar-refractivity contribution in [3.8, 4) is 0 Å².